The van der Waals surface area contributed by atoms with Gasteiger partial charge in [-0.05, 0) is 5.57 Å². The van der Waals surface area contributed by atoms with Gasteiger partial charge in [-0.3, -0.25) is 4.79 Å². The quantitative estimate of drug-likeness (QED) is 0.491. The number of allylic oxidation sites excluding steroid dienone is 5. The number of carbonyl (C=O) groups excluding carboxylic acids is 1. The summed E-state index contributed by atoms with van der Waals surface area (Å²) in [5, 5.41) is 10.8. The third-order valence-electron chi connectivity index (χ3n) is 2.28. The summed E-state index contributed by atoms with van der Waals surface area (Å²) in [6.07, 6.45) is 7.93. The molecular weight excluding hydrogens is 226 g/mol. The average Bonchev–Trinajstić information content (AvgIpc) is 2.42. The molecule has 18 heavy (non-hydrogen) atoms. The van der Waals surface area contributed by atoms with Crippen molar-refractivity contribution < 1.29 is 10.0 Å². The smallest absolute Gasteiger partial charge is 0.188 e. The van der Waals surface area contributed by atoms with Crippen molar-refractivity contribution in [2.75, 3.05) is 0 Å². The molecule has 0 amide bonds. The highest BCUT2D eigenvalue weighted by atomic mass is 16.4. The summed E-state index contributed by atoms with van der Waals surface area (Å²) < 4.78 is 0. The van der Waals surface area contributed by atoms with Gasteiger partial charge in [0.15, 0.2) is 5.78 Å². The van der Waals surface area contributed by atoms with E-state index in [1.807, 2.05) is 42.5 Å². The molecule has 0 aromatic heterocycles. The van der Waals surface area contributed by atoms with E-state index in [2.05, 4.69) is 11.7 Å². The molecule has 3 nitrogen and oxygen atoms in total. The molecule has 0 heterocycles. The van der Waals surface area contributed by atoms with Crippen LogP contribution in [0.4, 0.5) is 0 Å². The van der Waals surface area contributed by atoms with Gasteiger partial charge in [-0.15, -0.1) is 0 Å². The minimum atomic E-state index is -0.370. The van der Waals surface area contributed by atoms with Crippen molar-refractivity contribution in [3.05, 3.63) is 72.9 Å². The molecule has 1 aliphatic carbocycles. The van der Waals surface area contributed by atoms with Crippen molar-refractivity contribution >= 4 is 12.0 Å². The maximum absolute atomic E-state index is 11.2. The Morgan fingerprint density at radius 1 is 1.17 bits per heavy atom. The van der Waals surface area contributed by atoms with Crippen molar-refractivity contribution in [3.63, 3.8) is 0 Å². The van der Waals surface area contributed by atoms with Gasteiger partial charge in [0, 0.05) is 0 Å². The molecule has 1 atom stereocenters. The van der Waals surface area contributed by atoms with E-state index in [9.17, 15) is 4.79 Å². The predicted molar refractivity (Wildman–Crippen MR) is 72.6 cm³/mol. The molecule has 3 heteroatoms. The molecule has 0 bridgehead atoms. The monoisotopic (exact) mass is 241 g/mol. The van der Waals surface area contributed by atoms with Crippen molar-refractivity contribution in [1.82, 2.24) is 0 Å². The van der Waals surface area contributed by atoms with Gasteiger partial charge < -0.3 is 5.21 Å². The third kappa shape index (κ3) is 4.61. The zero-order chi connectivity index (χ0) is 13.2. The van der Waals surface area contributed by atoms with Gasteiger partial charge in [0.1, 0.15) is 6.21 Å². The summed E-state index contributed by atoms with van der Waals surface area (Å²) in [6, 6.07) is 12.0. The summed E-state index contributed by atoms with van der Waals surface area (Å²) in [6.45, 7) is 3.70. The molecule has 0 fully saturated rings. The van der Waals surface area contributed by atoms with Crippen LogP contribution in [0.1, 0.15) is 0 Å². The minimum Gasteiger partial charge on any atom is -0.411 e. The normalized spacial score (nSPS) is 17.3. The highest BCUT2D eigenvalue weighted by Crippen LogP contribution is 2.16. The Labute approximate surface area is 106 Å². The van der Waals surface area contributed by atoms with Gasteiger partial charge in [0.2, 0.25) is 0 Å². The van der Waals surface area contributed by atoms with Crippen LogP contribution in [0.2, 0.25) is 0 Å². The molecule has 1 unspecified atom stereocenters. The Morgan fingerprint density at radius 2 is 1.72 bits per heavy atom. The van der Waals surface area contributed by atoms with Crippen LogP contribution in [0.5, 0.6) is 0 Å². The number of oxime groups is 1. The van der Waals surface area contributed by atoms with Crippen LogP contribution in [-0.4, -0.2) is 17.2 Å². The van der Waals surface area contributed by atoms with Gasteiger partial charge in [-0.1, -0.05) is 72.4 Å². The van der Waals surface area contributed by atoms with Crippen LogP contribution in [0.3, 0.4) is 0 Å². The molecule has 1 aromatic carbocycles. The first kappa shape index (κ1) is 13.6. The van der Waals surface area contributed by atoms with Crippen molar-refractivity contribution in [2.24, 2.45) is 11.1 Å². The lowest BCUT2D eigenvalue weighted by Crippen LogP contribution is -2.15. The van der Waals surface area contributed by atoms with Crippen LogP contribution in [0, 0.1) is 5.92 Å². The second-order valence-electron chi connectivity index (χ2n) is 3.60. The van der Waals surface area contributed by atoms with Crippen LogP contribution in [0.15, 0.2) is 78.0 Å². The summed E-state index contributed by atoms with van der Waals surface area (Å²) in [4.78, 5) is 11.2. The number of Topliss-reactive ketones (excluding diaryl/α,β-unsaturated/α-hetero) is 1. The van der Waals surface area contributed by atoms with Crippen molar-refractivity contribution in [2.45, 2.75) is 0 Å². The Balaban J connectivity index is 0.000000225. The van der Waals surface area contributed by atoms with E-state index in [-0.39, 0.29) is 11.7 Å². The third-order valence-corrected chi connectivity index (χ3v) is 2.28. The fourth-order valence-electron chi connectivity index (χ4n) is 1.38. The first-order chi connectivity index (χ1) is 8.75. The van der Waals surface area contributed by atoms with E-state index < -0.39 is 0 Å². The van der Waals surface area contributed by atoms with Crippen molar-refractivity contribution in [3.8, 4) is 0 Å². The van der Waals surface area contributed by atoms with Gasteiger partial charge in [-0.25, -0.2) is 0 Å². The lowest BCUT2D eigenvalue weighted by molar-refractivity contribution is -0.114. The first-order valence-electron chi connectivity index (χ1n) is 5.50. The Morgan fingerprint density at radius 3 is 2.17 bits per heavy atom. The molecule has 1 aliphatic rings. The SMILES string of the molecule is C=C1C=CC=CC1C(=O)C=NO.c1ccccc1. The zero-order valence-electron chi connectivity index (χ0n) is 9.94. The summed E-state index contributed by atoms with van der Waals surface area (Å²) in [7, 11) is 0. The fourth-order valence-corrected chi connectivity index (χ4v) is 1.38. The maximum atomic E-state index is 11.2. The standard InChI is InChI=1S/C9H9NO2.C6H6/c1-7-4-2-3-5-8(7)9(11)6-10-12;1-2-4-6-5-3-1/h2-6,8,12H,1H2;1-6H. The lowest BCUT2D eigenvalue weighted by atomic mass is 9.92. The van der Waals surface area contributed by atoms with E-state index in [1.165, 1.54) is 0 Å². The van der Waals surface area contributed by atoms with E-state index in [0.29, 0.717) is 5.57 Å². The van der Waals surface area contributed by atoms with Crippen molar-refractivity contribution in [1.29, 1.82) is 0 Å². The number of hydrogen-bond acceptors (Lipinski definition) is 3. The topological polar surface area (TPSA) is 49.7 Å². The second-order valence-corrected chi connectivity index (χ2v) is 3.60. The number of benzene rings is 1. The summed E-state index contributed by atoms with van der Waals surface area (Å²) in [5.74, 6) is -0.631. The maximum Gasteiger partial charge on any atom is 0.188 e. The molecule has 1 N–H and O–H groups in total. The van der Waals surface area contributed by atoms with Crippen LogP contribution in [-0.2, 0) is 4.79 Å². The van der Waals surface area contributed by atoms with Gasteiger partial charge in [0.05, 0.1) is 5.92 Å². The Bertz CT molecular complexity index is 446. The molecule has 0 spiro atoms. The van der Waals surface area contributed by atoms with Crippen LogP contribution >= 0.6 is 0 Å². The summed E-state index contributed by atoms with van der Waals surface area (Å²) >= 11 is 0. The molecule has 92 valence electrons. The van der Waals surface area contributed by atoms with Gasteiger partial charge in [-0.2, -0.15) is 0 Å². The predicted octanol–water partition coefficient (Wildman–Crippen LogP) is 3.00. The van der Waals surface area contributed by atoms with E-state index in [0.717, 1.165) is 6.21 Å². The molecule has 0 radical (unpaired) electrons. The average molecular weight is 241 g/mol. The highest BCUT2D eigenvalue weighted by Gasteiger charge is 2.16. The van der Waals surface area contributed by atoms with Gasteiger partial charge >= 0.3 is 0 Å². The number of nitrogens with zero attached hydrogens (tertiary/aromatic N) is 1. The van der Waals surface area contributed by atoms with Crippen LogP contribution < -0.4 is 0 Å². The second kappa shape index (κ2) is 7.79. The zero-order valence-corrected chi connectivity index (χ0v) is 9.94. The molecule has 0 aliphatic heterocycles. The number of rotatable bonds is 2. The number of carbonyl (C=O) groups is 1. The number of ketones is 1. The van der Waals surface area contributed by atoms with E-state index in [4.69, 9.17) is 5.21 Å². The Hall–Kier alpha value is -2.42. The molecule has 2 rings (SSSR count). The fraction of sp³-hybridized carbons (Fsp3) is 0.0667. The number of hydrogen-bond donors (Lipinski definition) is 1. The minimum absolute atomic E-state index is 0.261. The largest absolute Gasteiger partial charge is 0.411 e. The first-order valence-corrected chi connectivity index (χ1v) is 5.50. The van der Waals surface area contributed by atoms with E-state index in [1.54, 1.807) is 18.2 Å². The lowest BCUT2D eigenvalue weighted by Gasteiger charge is -2.10. The van der Waals surface area contributed by atoms with Crippen LogP contribution in [0.25, 0.3) is 0 Å². The molecule has 1 aromatic rings. The molecule has 0 saturated carbocycles. The summed E-state index contributed by atoms with van der Waals surface area (Å²) in [5.41, 5.74) is 0.711. The molecular formula is C15H15NO2. The van der Waals surface area contributed by atoms with E-state index >= 15 is 0 Å². The molecule has 0 saturated heterocycles. The van der Waals surface area contributed by atoms with Gasteiger partial charge in [0.25, 0.3) is 0 Å². The Kier molecular flexibility index (Phi) is 5.90. The highest BCUT2D eigenvalue weighted by molar-refractivity contribution is 6.29.